The molecule has 4 heteroatoms. The van der Waals surface area contributed by atoms with Crippen LogP contribution in [0.2, 0.25) is 0 Å². The lowest BCUT2D eigenvalue weighted by Crippen LogP contribution is -2.56. The van der Waals surface area contributed by atoms with Crippen LogP contribution in [0.3, 0.4) is 0 Å². The molecule has 2 saturated heterocycles. The van der Waals surface area contributed by atoms with Gasteiger partial charge in [-0.25, -0.2) is 4.39 Å². The van der Waals surface area contributed by atoms with Crippen molar-refractivity contribution in [1.29, 1.82) is 0 Å². The fourth-order valence-corrected chi connectivity index (χ4v) is 4.14. The fourth-order valence-electron chi connectivity index (χ4n) is 4.14. The molecular formula is C18H23FN2O. The molecule has 0 N–H and O–H groups in total. The molecule has 1 amide bonds. The van der Waals surface area contributed by atoms with Crippen LogP contribution in [-0.2, 0) is 4.79 Å². The predicted molar refractivity (Wildman–Crippen MR) is 83.0 cm³/mol. The van der Waals surface area contributed by atoms with Crippen LogP contribution >= 0.6 is 0 Å². The number of fused-ring (bicyclic) bond motifs is 1. The Morgan fingerprint density at radius 2 is 1.91 bits per heavy atom. The minimum Gasteiger partial charge on any atom is -0.340 e. The van der Waals surface area contributed by atoms with Crippen LogP contribution in [0.5, 0.6) is 0 Å². The summed E-state index contributed by atoms with van der Waals surface area (Å²) in [4.78, 5) is 17.4. The molecule has 118 valence electrons. The van der Waals surface area contributed by atoms with Gasteiger partial charge in [0.15, 0.2) is 0 Å². The van der Waals surface area contributed by atoms with E-state index in [0.29, 0.717) is 17.9 Å². The van der Waals surface area contributed by atoms with E-state index in [1.165, 1.54) is 37.9 Å². The van der Waals surface area contributed by atoms with Crippen molar-refractivity contribution in [3.63, 3.8) is 0 Å². The third-order valence-electron chi connectivity index (χ3n) is 5.55. The summed E-state index contributed by atoms with van der Waals surface area (Å²) in [5.74, 6) is 0.540. The number of rotatable bonds is 2. The number of carbonyl (C=O) groups is 1. The maximum Gasteiger partial charge on any atom is 0.226 e. The molecule has 3 aliphatic rings. The lowest BCUT2D eigenvalue weighted by Gasteiger charge is -2.44. The highest BCUT2D eigenvalue weighted by Gasteiger charge is 2.46. The van der Waals surface area contributed by atoms with Gasteiger partial charge in [0.1, 0.15) is 5.82 Å². The molecule has 3 atom stereocenters. The van der Waals surface area contributed by atoms with Gasteiger partial charge in [-0.2, -0.15) is 0 Å². The lowest BCUT2D eigenvalue weighted by atomic mass is 9.99. The monoisotopic (exact) mass is 302 g/mol. The van der Waals surface area contributed by atoms with Crippen LogP contribution < -0.4 is 0 Å². The minimum atomic E-state index is -0.208. The average Bonchev–Trinajstić information content (AvgIpc) is 3.35. The summed E-state index contributed by atoms with van der Waals surface area (Å²) in [6.07, 6.45) is 4.76. The zero-order valence-electron chi connectivity index (χ0n) is 12.9. The van der Waals surface area contributed by atoms with E-state index in [9.17, 15) is 9.18 Å². The first kappa shape index (κ1) is 14.2. The molecule has 0 unspecified atom stereocenters. The van der Waals surface area contributed by atoms with E-state index in [1.807, 2.05) is 12.1 Å². The van der Waals surface area contributed by atoms with Gasteiger partial charge in [-0.1, -0.05) is 18.6 Å². The van der Waals surface area contributed by atoms with E-state index >= 15 is 0 Å². The Bertz CT molecular complexity index is 559. The Kier molecular flexibility index (Phi) is 3.65. The highest BCUT2D eigenvalue weighted by molar-refractivity contribution is 5.83. The number of piperidine rings is 1. The molecule has 0 bridgehead atoms. The number of halogens is 1. The smallest absolute Gasteiger partial charge is 0.226 e. The topological polar surface area (TPSA) is 23.6 Å². The van der Waals surface area contributed by atoms with Crippen molar-refractivity contribution in [3.05, 3.63) is 35.6 Å². The van der Waals surface area contributed by atoms with Crippen molar-refractivity contribution in [2.45, 2.75) is 37.6 Å². The largest absolute Gasteiger partial charge is 0.340 e. The van der Waals surface area contributed by atoms with Crippen molar-refractivity contribution in [3.8, 4) is 0 Å². The molecule has 3 fully saturated rings. The van der Waals surface area contributed by atoms with Crippen molar-refractivity contribution < 1.29 is 9.18 Å². The van der Waals surface area contributed by atoms with Crippen LogP contribution in [0.15, 0.2) is 24.3 Å². The van der Waals surface area contributed by atoms with Gasteiger partial charge in [0, 0.05) is 31.6 Å². The first-order valence-corrected chi connectivity index (χ1v) is 8.50. The van der Waals surface area contributed by atoms with Gasteiger partial charge in [-0.15, -0.1) is 0 Å². The summed E-state index contributed by atoms with van der Waals surface area (Å²) in [7, 11) is 0. The molecule has 1 aromatic rings. The van der Waals surface area contributed by atoms with Crippen molar-refractivity contribution in [1.82, 2.24) is 9.80 Å². The molecule has 3 nitrogen and oxygen atoms in total. The number of hydrogen-bond donors (Lipinski definition) is 0. The Balaban J connectivity index is 1.38. The van der Waals surface area contributed by atoms with Gasteiger partial charge in [0.05, 0.1) is 0 Å². The third-order valence-corrected chi connectivity index (χ3v) is 5.55. The van der Waals surface area contributed by atoms with E-state index in [4.69, 9.17) is 0 Å². The van der Waals surface area contributed by atoms with Gasteiger partial charge in [-0.3, -0.25) is 9.69 Å². The standard InChI is InChI=1S/C18H23FN2O/c19-14-6-4-13(5-7-14)16-11-17(16)18(22)21-10-9-20-8-2-1-3-15(20)12-21/h4-7,15-17H,1-3,8-12H2/t15-,16-,17-/m1/s1. The number of piperazine rings is 1. The molecule has 4 rings (SSSR count). The molecule has 0 radical (unpaired) electrons. The molecule has 1 aromatic carbocycles. The zero-order valence-corrected chi connectivity index (χ0v) is 12.9. The summed E-state index contributed by atoms with van der Waals surface area (Å²) in [6.45, 7) is 4.02. The number of carbonyl (C=O) groups excluding carboxylic acids is 1. The van der Waals surface area contributed by atoms with E-state index in [1.54, 1.807) is 0 Å². The van der Waals surface area contributed by atoms with Crippen LogP contribution in [0.1, 0.15) is 37.2 Å². The number of nitrogens with zero attached hydrogens (tertiary/aromatic N) is 2. The Morgan fingerprint density at radius 1 is 1.09 bits per heavy atom. The van der Waals surface area contributed by atoms with Crippen molar-refractivity contribution >= 4 is 5.91 Å². The molecule has 0 aromatic heterocycles. The number of benzene rings is 1. The minimum absolute atomic E-state index is 0.126. The van der Waals surface area contributed by atoms with Gasteiger partial charge >= 0.3 is 0 Å². The number of hydrogen-bond acceptors (Lipinski definition) is 2. The van der Waals surface area contributed by atoms with Crippen molar-refractivity contribution in [2.75, 3.05) is 26.2 Å². The van der Waals surface area contributed by atoms with Gasteiger partial charge in [-0.05, 0) is 49.4 Å². The maximum absolute atomic E-state index is 13.0. The third kappa shape index (κ3) is 2.65. The Hall–Kier alpha value is -1.42. The Labute approximate surface area is 131 Å². The highest BCUT2D eigenvalue weighted by Crippen LogP contribution is 2.48. The molecule has 2 heterocycles. The van der Waals surface area contributed by atoms with Gasteiger partial charge in [0.25, 0.3) is 0 Å². The van der Waals surface area contributed by atoms with E-state index in [2.05, 4.69) is 9.80 Å². The fraction of sp³-hybridized carbons (Fsp3) is 0.611. The van der Waals surface area contributed by atoms with Crippen LogP contribution in [0.4, 0.5) is 4.39 Å². The first-order chi connectivity index (χ1) is 10.7. The van der Waals surface area contributed by atoms with E-state index in [0.717, 1.165) is 31.6 Å². The second-order valence-corrected chi connectivity index (χ2v) is 6.97. The quantitative estimate of drug-likeness (QED) is 0.838. The number of amides is 1. The highest BCUT2D eigenvalue weighted by atomic mass is 19.1. The second kappa shape index (κ2) is 5.65. The van der Waals surface area contributed by atoms with E-state index in [-0.39, 0.29) is 11.7 Å². The maximum atomic E-state index is 13.0. The molecular weight excluding hydrogens is 279 g/mol. The summed E-state index contributed by atoms with van der Waals surface area (Å²) in [5.41, 5.74) is 1.11. The molecule has 1 saturated carbocycles. The van der Waals surface area contributed by atoms with Crippen LogP contribution in [-0.4, -0.2) is 47.9 Å². The zero-order chi connectivity index (χ0) is 15.1. The molecule has 22 heavy (non-hydrogen) atoms. The van der Waals surface area contributed by atoms with E-state index < -0.39 is 0 Å². The molecule has 2 aliphatic heterocycles. The molecule has 0 spiro atoms. The first-order valence-electron chi connectivity index (χ1n) is 8.50. The summed E-state index contributed by atoms with van der Waals surface area (Å²) in [5, 5.41) is 0. The lowest BCUT2D eigenvalue weighted by molar-refractivity contribution is -0.136. The Morgan fingerprint density at radius 3 is 2.73 bits per heavy atom. The molecule has 1 aliphatic carbocycles. The second-order valence-electron chi connectivity index (χ2n) is 6.97. The van der Waals surface area contributed by atoms with Crippen LogP contribution in [0.25, 0.3) is 0 Å². The predicted octanol–water partition coefficient (Wildman–Crippen LogP) is 2.63. The van der Waals surface area contributed by atoms with Gasteiger partial charge in [0.2, 0.25) is 5.91 Å². The average molecular weight is 302 g/mol. The SMILES string of the molecule is O=C([C@@H]1C[C@@H]1c1ccc(F)cc1)N1CCN2CCCC[C@@H]2C1. The van der Waals surface area contributed by atoms with Crippen LogP contribution in [0, 0.1) is 11.7 Å². The van der Waals surface area contributed by atoms with Gasteiger partial charge < -0.3 is 4.90 Å². The summed E-state index contributed by atoms with van der Waals surface area (Å²) in [6, 6.07) is 7.22. The normalized spacial score (nSPS) is 31.7. The summed E-state index contributed by atoms with van der Waals surface area (Å²) >= 11 is 0. The summed E-state index contributed by atoms with van der Waals surface area (Å²) < 4.78 is 13.0. The van der Waals surface area contributed by atoms with Crippen molar-refractivity contribution in [2.24, 2.45) is 5.92 Å².